The molecule has 1 aromatic heterocycles. The first kappa shape index (κ1) is 42.2. The maximum atomic E-state index is 14.2. The van der Waals surface area contributed by atoms with E-state index in [4.69, 9.17) is 10.5 Å². The molecule has 0 saturated heterocycles. The van der Waals surface area contributed by atoms with Gasteiger partial charge in [-0.15, -0.1) is 0 Å². The number of benzene rings is 4. The number of para-hydroxylation sites is 1. The maximum absolute atomic E-state index is 14.2. The normalized spacial score (nSPS) is 12.6. The molecule has 1 aliphatic rings. The van der Waals surface area contributed by atoms with Gasteiger partial charge in [-0.3, -0.25) is 28.0 Å². The van der Waals surface area contributed by atoms with Gasteiger partial charge in [0.15, 0.2) is 11.6 Å². The van der Waals surface area contributed by atoms with Gasteiger partial charge in [-0.05, 0) is 36.4 Å². The number of nitrogens with one attached hydrogen (secondary N) is 5. The molecule has 0 saturated carbocycles. The Bertz CT molecular complexity index is 2880. The molecule has 0 fully saturated rings. The molecule has 0 aliphatic heterocycles. The molecule has 1 aliphatic carbocycles. The number of ketones is 2. The molecule has 0 unspecified atom stereocenters. The van der Waals surface area contributed by atoms with E-state index < -0.39 is 91.6 Å². The average molecular weight is 870 g/mol. The lowest BCUT2D eigenvalue weighted by Gasteiger charge is -2.27. The number of ether oxygens (including phenoxy) is 1. The Hall–Kier alpha value is -6.45. The van der Waals surface area contributed by atoms with E-state index in [0.29, 0.717) is 0 Å². The maximum Gasteiger partial charge on any atom is 0.322 e. The average Bonchev–Trinajstić information content (AvgIpc) is 3.16. The van der Waals surface area contributed by atoms with Gasteiger partial charge in [0.2, 0.25) is 17.8 Å². The van der Waals surface area contributed by atoms with Crippen LogP contribution in [0.3, 0.4) is 0 Å². The Labute approximate surface area is 334 Å². The fourth-order valence-corrected chi connectivity index (χ4v) is 8.68. The number of hydrogen-bond donors (Lipinski definition) is 9. The van der Waals surface area contributed by atoms with Gasteiger partial charge in [-0.25, -0.2) is 0 Å². The minimum absolute atomic E-state index is 0.0665. The number of carbonyl (C=O) groups excluding carboxylic acids is 3. The number of rotatable bonds is 15. The highest BCUT2D eigenvalue weighted by atomic mass is 32.2. The van der Waals surface area contributed by atoms with Gasteiger partial charge in [-0.2, -0.15) is 40.2 Å². The standard InChI is InChI=1S/C34H31N9O13S3/c1-56-34-42-32(41-33(43-34)39-21-8-4-5-9-22(21)57(47,48)49)38-18-12-10-17(11-13-18)37-26-24-25(29(46)20-7-3-2-6-19(20)28(24)45)27(40-23(44)16-36-15-14-35)31(59(53,54)55)30(26)58(50,51)52/h2-13,36-37H,14-16,35H2,1H3,(H,40,44)(H,47,48,49)(H,50,51,52)(H,53,54,55)(H2,38,39,41,42,43). The number of amides is 1. The predicted octanol–water partition coefficient (Wildman–Crippen LogP) is 2.11. The third kappa shape index (κ3) is 9.01. The van der Waals surface area contributed by atoms with Crippen molar-refractivity contribution >= 4 is 88.2 Å². The van der Waals surface area contributed by atoms with Crippen LogP contribution in [0.25, 0.3) is 0 Å². The molecule has 1 amide bonds. The Kier molecular flexibility index (Phi) is 11.7. The topological polar surface area (TPSA) is 348 Å². The molecular formula is C34H31N9O13S3. The number of aromatic nitrogens is 3. The van der Waals surface area contributed by atoms with E-state index in [-0.39, 0.29) is 59.2 Å². The van der Waals surface area contributed by atoms with Crippen molar-refractivity contribution in [3.8, 4) is 6.01 Å². The van der Waals surface area contributed by atoms with Gasteiger partial charge >= 0.3 is 6.01 Å². The highest BCUT2D eigenvalue weighted by Gasteiger charge is 2.43. The summed E-state index contributed by atoms with van der Waals surface area (Å²) in [4.78, 5) is 49.9. The molecule has 5 aromatic rings. The summed E-state index contributed by atoms with van der Waals surface area (Å²) >= 11 is 0. The molecular weight excluding hydrogens is 839 g/mol. The van der Waals surface area contributed by atoms with Gasteiger partial charge in [0.1, 0.15) is 14.7 Å². The second-order valence-electron chi connectivity index (χ2n) is 12.2. The summed E-state index contributed by atoms with van der Waals surface area (Å²) < 4.78 is 112. The molecule has 308 valence electrons. The molecule has 10 N–H and O–H groups in total. The highest BCUT2D eigenvalue weighted by molar-refractivity contribution is 7.89. The number of hydrogen-bond acceptors (Lipinski definition) is 18. The van der Waals surface area contributed by atoms with Crippen molar-refractivity contribution in [1.82, 2.24) is 20.3 Å². The lowest BCUT2D eigenvalue weighted by Crippen LogP contribution is -2.34. The lowest BCUT2D eigenvalue weighted by molar-refractivity contribution is -0.115. The van der Waals surface area contributed by atoms with Crippen molar-refractivity contribution in [2.75, 3.05) is 48.0 Å². The van der Waals surface area contributed by atoms with Gasteiger partial charge < -0.3 is 37.1 Å². The molecule has 0 bridgehead atoms. The first-order chi connectivity index (χ1) is 27.8. The number of carbonyl (C=O) groups is 3. The third-order valence-electron chi connectivity index (χ3n) is 8.29. The van der Waals surface area contributed by atoms with Crippen LogP contribution in [0.4, 0.5) is 40.3 Å². The van der Waals surface area contributed by atoms with E-state index in [2.05, 4.69) is 41.5 Å². The zero-order valence-electron chi connectivity index (χ0n) is 30.1. The fourth-order valence-electron chi connectivity index (χ4n) is 5.91. The van der Waals surface area contributed by atoms with Crippen LogP contribution in [0.15, 0.2) is 87.5 Å². The number of nitrogens with two attached hydrogens (primary N) is 1. The van der Waals surface area contributed by atoms with Crippen molar-refractivity contribution in [2.24, 2.45) is 5.73 Å². The van der Waals surface area contributed by atoms with Gasteiger partial charge in [0.05, 0.1) is 41.8 Å². The van der Waals surface area contributed by atoms with Crippen molar-refractivity contribution in [2.45, 2.75) is 14.7 Å². The Balaban J connectivity index is 1.44. The predicted molar refractivity (Wildman–Crippen MR) is 209 cm³/mol. The molecule has 1 heterocycles. The van der Waals surface area contributed by atoms with Crippen molar-refractivity contribution in [3.63, 3.8) is 0 Å². The summed E-state index contributed by atoms with van der Waals surface area (Å²) in [5.41, 5.74) is 1.52. The monoisotopic (exact) mass is 869 g/mol. The summed E-state index contributed by atoms with van der Waals surface area (Å²) in [6.45, 7) is -0.324. The largest absolute Gasteiger partial charge is 0.467 e. The van der Waals surface area contributed by atoms with E-state index in [1.807, 2.05) is 0 Å². The Morgan fingerprint density at radius 3 is 1.73 bits per heavy atom. The van der Waals surface area contributed by atoms with Crippen LogP contribution >= 0.6 is 0 Å². The minimum Gasteiger partial charge on any atom is -0.467 e. The second kappa shape index (κ2) is 16.4. The zero-order valence-corrected chi connectivity index (χ0v) is 32.6. The molecule has 0 atom stereocenters. The fraction of sp³-hybridized carbons (Fsp3) is 0.118. The Morgan fingerprint density at radius 1 is 0.678 bits per heavy atom. The summed E-state index contributed by atoms with van der Waals surface area (Å²) in [6, 6.07) is 15.8. The molecule has 0 radical (unpaired) electrons. The van der Waals surface area contributed by atoms with Crippen LogP contribution in [0.1, 0.15) is 31.8 Å². The van der Waals surface area contributed by atoms with Crippen molar-refractivity contribution in [3.05, 3.63) is 95.1 Å². The zero-order chi connectivity index (χ0) is 42.9. The Morgan fingerprint density at radius 2 is 1.19 bits per heavy atom. The third-order valence-corrected chi connectivity index (χ3v) is 11.2. The number of anilines is 7. The lowest BCUT2D eigenvalue weighted by atomic mass is 9.82. The summed E-state index contributed by atoms with van der Waals surface area (Å²) in [6.07, 6.45) is 0. The second-order valence-corrected chi connectivity index (χ2v) is 16.3. The summed E-state index contributed by atoms with van der Waals surface area (Å²) in [7, 11) is -14.9. The SMILES string of the molecule is COc1nc(Nc2ccc(Nc3c4c(c(NC(=O)CNCCN)c(S(=O)(=O)O)c3S(=O)(=O)O)C(=O)c3ccccc3C4=O)cc2)nc(Nc2ccccc2S(=O)(=O)O)n1. The number of nitrogens with zero attached hydrogens (tertiary/aromatic N) is 3. The van der Waals surface area contributed by atoms with Crippen molar-refractivity contribution in [1.29, 1.82) is 0 Å². The van der Waals surface area contributed by atoms with E-state index in [0.717, 1.165) is 6.07 Å². The van der Waals surface area contributed by atoms with Crippen LogP contribution in [0, 0.1) is 0 Å². The van der Waals surface area contributed by atoms with Gasteiger partial charge in [0, 0.05) is 35.6 Å². The highest BCUT2D eigenvalue weighted by Crippen LogP contribution is 2.46. The molecule has 6 rings (SSSR count). The van der Waals surface area contributed by atoms with Crippen LogP contribution < -0.4 is 37.1 Å². The van der Waals surface area contributed by atoms with E-state index in [1.54, 1.807) is 0 Å². The molecule has 25 heteroatoms. The van der Waals surface area contributed by atoms with Crippen LogP contribution in [0.5, 0.6) is 6.01 Å². The van der Waals surface area contributed by atoms with Crippen LogP contribution in [0.2, 0.25) is 0 Å². The number of fused-ring (bicyclic) bond motifs is 2. The van der Waals surface area contributed by atoms with E-state index in [9.17, 15) is 53.3 Å². The van der Waals surface area contributed by atoms with Crippen molar-refractivity contribution < 1.29 is 58.0 Å². The molecule has 0 spiro atoms. The van der Waals surface area contributed by atoms with Gasteiger partial charge in [-0.1, -0.05) is 36.4 Å². The molecule has 59 heavy (non-hydrogen) atoms. The summed E-state index contributed by atoms with van der Waals surface area (Å²) in [5, 5.41) is 12.9. The first-order valence-corrected chi connectivity index (χ1v) is 21.0. The minimum atomic E-state index is -5.75. The van der Waals surface area contributed by atoms with E-state index >= 15 is 0 Å². The van der Waals surface area contributed by atoms with E-state index in [1.165, 1.54) is 73.8 Å². The first-order valence-electron chi connectivity index (χ1n) is 16.7. The molecule has 22 nitrogen and oxygen atoms in total. The smallest absolute Gasteiger partial charge is 0.322 e. The number of methoxy groups -OCH3 is 1. The molecule has 4 aromatic carbocycles. The van der Waals surface area contributed by atoms with Crippen LogP contribution in [-0.4, -0.2) is 98.1 Å². The van der Waals surface area contributed by atoms with Gasteiger partial charge in [0.25, 0.3) is 30.4 Å². The van der Waals surface area contributed by atoms with Crippen LogP contribution in [-0.2, 0) is 35.1 Å². The quantitative estimate of drug-likeness (QED) is 0.0527. The summed E-state index contributed by atoms with van der Waals surface area (Å²) in [5.74, 6) is -3.43.